The van der Waals surface area contributed by atoms with Crippen molar-refractivity contribution in [2.75, 3.05) is 20.8 Å². The van der Waals surface area contributed by atoms with Crippen LogP contribution in [-0.4, -0.2) is 37.7 Å². The second-order valence-electron chi connectivity index (χ2n) is 5.66. The van der Waals surface area contributed by atoms with E-state index in [1.807, 2.05) is 18.2 Å². The summed E-state index contributed by atoms with van der Waals surface area (Å²) >= 11 is 0. The molecule has 1 rings (SSSR count). The van der Waals surface area contributed by atoms with E-state index in [-0.39, 0.29) is 12.3 Å². The first-order valence-electron chi connectivity index (χ1n) is 7.01. The SMILES string of the molecule is COc1ccc(CCNC(=O)CC(C)(C)C(=O)O)cc1OC. The van der Waals surface area contributed by atoms with Crippen LogP contribution in [0.15, 0.2) is 18.2 Å². The van der Waals surface area contributed by atoms with Crippen LogP contribution in [0.3, 0.4) is 0 Å². The Balaban J connectivity index is 2.51. The smallest absolute Gasteiger partial charge is 0.309 e. The van der Waals surface area contributed by atoms with Gasteiger partial charge in [-0.1, -0.05) is 6.07 Å². The Morgan fingerprint density at radius 2 is 1.82 bits per heavy atom. The minimum absolute atomic E-state index is 0.0474. The fraction of sp³-hybridized carbons (Fsp3) is 0.500. The van der Waals surface area contributed by atoms with Crippen molar-refractivity contribution in [3.05, 3.63) is 23.8 Å². The average molecular weight is 309 g/mol. The number of methoxy groups -OCH3 is 2. The van der Waals surface area contributed by atoms with Crippen molar-refractivity contribution < 1.29 is 24.2 Å². The van der Waals surface area contributed by atoms with Crippen molar-refractivity contribution in [3.63, 3.8) is 0 Å². The molecule has 1 aromatic rings. The molecule has 0 aromatic heterocycles. The molecular formula is C16H23NO5. The van der Waals surface area contributed by atoms with E-state index in [1.165, 1.54) is 13.8 Å². The Kier molecular flexibility index (Phi) is 6.22. The van der Waals surface area contributed by atoms with Crippen LogP contribution in [-0.2, 0) is 16.0 Å². The maximum absolute atomic E-state index is 11.8. The largest absolute Gasteiger partial charge is 0.493 e. The fourth-order valence-corrected chi connectivity index (χ4v) is 1.92. The molecular weight excluding hydrogens is 286 g/mol. The number of carbonyl (C=O) groups is 2. The number of carbonyl (C=O) groups excluding carboxylic acids is 1. The normalized spacial score (nSPS) is 10.9. The van der Waals surface area contributed by atoms with Gasteiger partial charge in [-0.2, -0.15) is 0 Å². The molecule has 122 valence electrons. The van der Waals surface area contributed by atoms with E-state index in [0.717, 1.165) is 5.56 Å². The predicted octanol–water partition coefficient (Wildman–Crippen LogP) is 1.86. The van der Waals surface area contributed by atoms with Gasteiger partial charge >= 0.3 is 5.97 Å². The number of amides is 1. The number of hydrogen-bond donors (Lipinski definition) is 2. The second kappa shape index (κ2) is 7.68. The van der Waals surface area contributed by atoms with E-state index < -0.39 is 11.4 Å². The van der Waals surface area contributed by atoms with Gasteiger partial charge in [0.2, 0.25) is 5.91 Å². The van der Waals surface area contributed by atoms with Gasteiger partial charge in [-0.15, -0.1) is 0 Å². The van der Waals surface area contributed by atoms with Gasteiger partial charge in [0.15, 0.2) is 11.5 Å². The molecule has 0 fully saturated rings. The van der Waals surface area contributed by atoms with Gasteiger partial charge in [0, 0.05) is 13.0 Å². The Morgan fingerprint density at radius 1 is 1.18 bits per heavy atom. The lowest BCUT2D eigenvalue weighted by Crippen LogP contribution is -2.34. The van der Waals surface area contributed by atoms with Crippen LogP contribution in [0.25, 0.3) is 0 Å². The first-order chi connectivity index (χ1) is 10.3. The van der Waals surface area contributed by atoms with E-state index in [1.54, 1.807) is 14.2 Å². The first kappa shape index (κ1) is 17.8. The second-order valence-corrected chi connectivity index (χ2v) is 5.66. The number of ether oxygens (including phenoxy) is 2. The Morgan fingerprint density at radius 3 is 2.36 bits per heavy atom. The van der Waals surface area contributed by atoms with Gasteiger partial charge in [0.05, 0.1) is 19.6 Å². The van der Waals surface area contributed by atoms with Crippen LogP contribution in [0.2, 0.25) is 0 Å². The van der Waals surface area contributed by atoms with Crippen LogP contribution < -0.4 is 14.8 Å². The summed E-state index contributed by atoms with van der Waals surface area (Å²) in [5.41, 5.74) is -0.0663. The lowest BCUT2D eigenvalue weighted by molar-refractivity contribution is -0.149. The summed E-state index contributed by atoms with van der Waals surface area (Å²) in [6.45, 7) is 3.50. The average Bonchev–Trinajstić information content (AvgIpc) is 2.46. The Hall–Kier alpha value is -2.24. The van der Waals surface area contributed by atoms with E-state index in [4.69, 9.17) is 14.6 Å². The highest BCUT2D eigenvalue weighted by atomic mass is 16.5. The number of carboxylic acids is 1. The highest BCUT2D eigenvalue weighted by Gasteiger charge is 2.29. The number of rotatable bonds is 8. The summed E-state index contributed by atoms with van der Waals surface area (Å²) in [7, 11) is 3.14. The molecule has 0 aliphatic heterocycles. The van der Waals surface area contributed by atoms with Crippen LogP contribution >= 0.6 is 0 Å². The third-order valence-corrected chi connectivity index (χ3v) is 3.37. The zero-order valence-electron chi connectivity index (χ0n) is 13.4. The Bertz CT molecular complexity index is 539. The number of carboxylic acid groups (broad SMARTS) is 1. The molecule has 22 heavy (non-hydrogen) atoms. The zero-order valence-corrected chi connectivity index (χ0v) is 13.4. The third-order valence-electron chi connectivity index (χ3n) is 3.37. The highest BCUT2D eigenvalue weighted by molar-refractivity contribution is 5.84. The zero-order chi connectivity index (χ0) is 16.8. The molecule has 1 amide bonds. The summed E-state index contributed by atoms with van der Waals surface area (Å²) in [5, 5.41) is 11.7. The molecule has 0 heterocycles. The lowest BCUT2D eigenvalue weighted by Gasteiger charge is -2.18. The molecule has 0 radical (unpaired) electrons. The van der Waals surface area contributed by atoms with Crippen molar-refractivity contribution in [3.8, 4) is 11.5 Å². The summed E-state index contributed by atoms with van der Waals surface area (Å²) in [6, 6.07) is 5.56. The molecule has 0 spiro atoms. The summed E-state index contributed by atoms with van der Waals surface area (Å²) in [4.78, 5) is 22.7. The van der Waals surface area contributed by atoms with Gasteiger partial charge in [0.1, 0.15) is 0 Å². The summed E-state index contributed by atoms with van der Waals surface area (Å²) in [6.07, 6.45) is 0.577. The fourth-order valence-electron chi connectivity index (χ4n) is 1.92. The Labute approximate surface area is 130 Å². The minimum atomic E-state index is -1.06. The predicted molar refractivity (Wildman–Crippen MR) is 82.3 cm³/mol. The molecule has 1 aromatic carbocycles. The molecule has 6 nitrogen and oxygen atoms in total. The topological polar surface area (TPSA) is 84.9 Å². The molecule has 0 saturated carbocycles. The number of hydrogen-bond acceptors (Lipinski definition) is 4. The molecule has 0 aliphatic carbocycles. The summed E-state index contributed by atoms with van der Waals surface area (Å²) in [5.74, 6) is 0.0345. The van der Waals surface area contributed by atoms with Crippen LogP contribution in [0.1, 0.15) is 25.8 Å². The van der Waals surface area contributed by atoms with Crippen molar-refractivity contribution >= 4 is 11.9 Å². The third kappa shape index (κ3) is 4.95. The molecule has 0 unspecified atom stereocenters. The molecule has 0 aliphatic rings. The maximum atomic E-state index is 11.8. The van der Waals surface area contributed by atoms with Gasteiger partial charge in [-0.3, -0.25) is 9.59 Å². The monoisotopic (exact) mass is 309 g/mol. The van der Waals surface area contributed by atoms with Crippen molar-refractivity contribution in [2.24, 2.45) is 5.41 Å². The number of benzene rings is 1. The van der Waals surface area contributed by atoms with Crippen molar-refractivity contribution in [2.45, 2.75) is 26.7 Å². The van der Waals surface area contributed by atoms with Gasteiger partial charge in [-0.05, 0) is 38.0 Å². The van der Waals surface area contributed by atoms with E-state index in [9.17, 15) is 9.59 Å². The molecule has 6 heteroatoms. The lowest BCUT2D eigenvalue weighted by atomic mass is 9.89. The number of nitrogens with one attached hydrogen (secondary N) is 1. The maximum Gasteiger partial charge on any atom is 0.309 e. The number of aliphatic carboxylic acids is 1. The van der Waals surface area contributed by atoms with Crippen LogP contribution in [0.4, 0.5) is 0 Å². The highest BCUT2D eigenvalue weighted by Crippen LogP contribution is 2.27. The van der Waals surface area contributed by atoms with E-state index in [0.29, 0.717) is 24.5 Å². The molecule has 0 atom stereocenters. The van der Waals surface area contributed by atoms with Crippen LogP contribution in [0.5, 0.6) is 11.5 Å². The van der Waals surface area contributed by atoms with Gasteiger partial charge in [-0.25, -0.2) is 0 Å². The van der Waals surface area contributed by atoms with Crippen molar-refractivity contribution in [1.29, 1.82) is 0 Å². The molecule has 0 bridgehead atoms. The van der Waals surface area contributed by atoms with E-state index in [2.05, 4.69) is 5.32 Å². The summed E-state index contributed by atoms with van der Waals surface area (Å²) < 4.78 is 10.4. The first-order valence-corrected chi connectivity index (χ1v) is 7.01. The quantitative estimate of drug-likeness (QED) is 0.765. The molecule has 0 saturated heterocycles. The van der Waals surface area contributed by atoms with Crippen molar-refractivity contribution in [1.82, 2.24) is 5.32 Å². The standard InChI is InChI=1S/C16H23NO5/c1-16(2,15(19)20)10-14(18)17-8-7-11-5-6-12(21-3)13(9-11)22-4/h5-6,9H,7-8,10H2,1-4H3,(H,17,18)(H,19,20). The minimum Gasteiger partial charge on any atom is -0.493 e. The van der Waals surface area contributed by atoms with Gasteiger partial charge < -0.3 is 19.9 Å². The van der Waals surface area contributed by atoms with Gasteiger partial charge in [0.25, 0.3) is 0 Å². The van der Waals surface area contributed by atoms with Crippen LogP contribution in [0, 0.1) is 5.41 Å². The van der Waals surface area contributed by atoms with E-state index >= 15 is 0 Å². The molecule has 2 N–H and O–H groups in total.